The lowest BCUT2D eigenvalue weighted by Gasteiger charge is -2.32. The van der Waals surface area contributed by atoms with Crippen LogP contribution in [0, 0.1) is 6.92 Å². The van der Waals surface area contributed by atoms with Gasteiger partial charge in [0, 0.05) is 17.4 Å². The minimum atomic E-state index is 0.750. The van der Waals surface area contributed by atoms with Crippen LogP contribution < -0.4 is 14.4 Å². The molecule has 0 N–H and O–H groups in total. The Balaban J connectivity index is 1.86. The Morgan fingerprint density at radius 2 is 1.57 bits per heavy atom. The molecule has 0 spiro atoms. The van der Waals surface area contributed by atoms with Crippen LogP contribution in [0.15, 0.2) is 65.1 Å². The molecule has 1 aromatic heterocycles. The van der Waals surface area contributed by atoms with Gasteiger partial charge >= 0.3 is 0 Å². The van der Waals surface area contributed by atoms with Crippen molar-refractivity contribution in [2.24, 2.45) is 0 Å². The second-order valence-corrected chi connectivity index (χ2v) is 7.04. The molecule has 3 aromatic carbocycles. The molecule has 4 heteroatoms. The lowest BCUT2D eigenvalue weighted by atomic mass is 9.96. The smallest absolute Gasteiger partial charge is 0.209 e. The molecule has 0 atom stereocenters. The minimum absolute atomic E-state index is 0.750. The number of para-hydroxylation sites is 2. The summed E-state index contributed by atoms with van der Waals surface area (Å²) < 4.78 is 17.9. The maximum absolute atomic E-state index is 6.36. The van der Waals surface area contributed by atoms with Crippen LogP contribution in [0.5, 0.6) is 11.5 Å². The van der Waals surface area contributed by atoms with Crippen molar-refractivity contribution in [3.05, 3.63) is 77.4 Å². The van der Waals surface area contributed by atoms with E-state index >= 15 is 0 Å². The highest BCUT2D eigenvalue weighted by Crippen LogP contribution is 2.53. The first kappa shape index (κ1) is 16.8. The maximum atomic E-state index is 6.36. The van der Waals surface area contributed by atoms with Gasteiger partial charge in [-0.05, 0) is 42.3 Å². The first-order valence-electron chi connectivity index (χ1n) is 9.32. The Kier molecular flexibility index (Phi) is 3.79. The zero-order chi connectivity index (χ0) is 19.3. The van der Waals surface area contributed by atoms with Gasteiger partial charge in [-0.3, -0.25) is 4.90 Å². The van der Waals surface area contributed by atoms with Crippen LogP contribution in [0.25, 0.3) is 11.0 Å². The average molecular weight is 371 g/mol. The monoisotopic (exact) mass is 371 g/mol. The Morgan fingerprint density at radius 1 is 0.893 bits per heavy atom. The predicted molar refractivity (Wildman–Crippen MR) is 112 cm³/mol. The van der Waals surface area contributed by atoms with Crippen molar-refractivity contribution in [3.63, 3.8) is 0 Å². The third-order valence-electron chi connectivity index (χ3n) is 5.33. The number of furan rings is 1. The summed E-state index contributed by atoms with van der Waals surface area (Å²) in [4.78, 5) is 2.13. The van der Waals surface area contributed by atoms with Gasteiger partial charge < -0.3 is 13.9 Å². The van der Waals surface area contributed by atoms with Crippen molar-refractivity contribution in [2.75, 3.05) is 19.1 Å². The summed E-state index contributed by atoms with van der Waals surface area (Å²) in [5.41, 5.74) is 6.31. The molecule has 140 valence electrons. The fourth-order valence-electron chi connectivity index (χ4n) is 4.08. The highest BCUT2D eigenvalue weighted by atomic mass is 16.5. The Morgan fingerprint density at radius 3 is 2.32 bits per heavy atom. The Labute approximate surface area is 163 Å². The van der Waals surface area contributed by atoms with Crippen molar-refractivity contribution in [3.8, 4) is 11.5 Å². The van der Waals surface area contributed by atoms with Crippen LogP contribution >= 0.6 is 0 Å². The van der Waals surface area contributed by atoms with Gasteiger partial charge in [0.25, 0.3) is 0 Å². The number of hydrogen-bond acceptors (Lipinski definition) is 4. The molecule has 2 heterocycles. The normalized spacial score (nSPS) is 12.6. The molecule has 0 saturated carbocycles. The van der Waals surface area contributed by atoms with E-state index in [0.717, 1.165) is 51.7 Å². The van der Waals surface area contributed by atoms with Gasteiger partial charge in [0.05, 0.1) is 19.9 Å². The topological polar surface area (TPSA) is 34.8 Å². The first-order valence-corrected chi connectivity index (χ1v) is 9.32. The van der Waals surface area contributed by atoms with Crippen molar-refractivity contribution in [1.82, 2.24) is 0 Å². The molecule has 5 rings (SSSR count). The van der Waals surface area contributed by atoms with Crippen LogP contribution in [-0.4, -0.2) is 14.2 Å². The van der Waals surface area contributed by atoms with Gasteiger partial charge in [0.1, 0.15) is 22.8 Å². The van der Waals surface area contributed by atoms with Crippen LogP contribution in [0.4, 0.5) is 17.3 Å². The molecule has 0 amide bonds. The number of nitrogens with zero attached hydrogens (tertiary/aromatic N) is 1. The third kappa shape index (κ3) is 2.38. The van der Waals surface area contributed by atoms with E-state index < -0.39 is 0 Å². The number of rotatable bonds is 3. The van der Waals surface area contributed by atoms with Crippen LogP contribution in [0.3, 0.4) is 0 Å². The highest BCUT2D eigenvalue weighted by Gasteiger charge is 2.33. The highest BCUT2D eigenvalue weighted by molar-refractivity contribution is 5.95. The fraction of sp³-hybridized carbons (Fsp3) is 0.167. The van der Waals surface area contributed by atoms with Crippen molar-refractivity contribution in [2.45, 2.75) is 13.3 Å². The lowest BCUT2D eigenvalue weighted by molar-refractivity contribution is 0.395. The van der Waals surface area contributed by atoms with Gasteiger partial charge in [-0.1, -0.05) is 36.4 Å². The number of anilines is 3. The number of fused-ring (bicyclic) bond motifs is 4. The van der Waals surface area contributed by atoms with E-state index in [1.807, 2.05) is 37.3 Å². The maximum Gasteiger partial charge on any atom is 0.209 e. The van der Waals surface area contributed by atoms with E-state index in [1.54, 1.807) is 14.2 Å². The zero-order valence-corrected chi connectivity index (χ0v) is 16.2. The summed E-state index contributed by atoms with van der Waals surface area (Å²) in [6.45, 7) is 2.03. The van der Waals surface area contributed by atoms with E-state index in [2.05, 4.69) is 35.2 Å². The number of methoxy groups -OCH3 is 2. The largest absolute Gasteiger partial charge is 0.494 e. The standard InChI is InChI=1S/C24H21NO3/c1-15-12-21(26-2)23(22(13-15)27-3)25-19-10-6-4-8-16(19)14-18-17-9-5-7-11-20(17)28-24(18)25/h4-13H,14H2,1-3H3. The van der Waals surface area contributed by atoms with Gasteiger partial charge in [-0.15, -0.1) is 0 Å². The summed E-state index contributed by atoms with van der Waals surface area (Å²) in [6, 6.07) is 20.6. The van der Waals surface area contributed by atoms with Crippen molar-refractivity contribution in [1.29, 1.82) is 0 Å². The second-order valence-electron chi connectivity index (χ2n) is 7.04. The quantitative estimate of drug-likeness (QED) is 0.382. The Hall–Kier alpha value is -3.40. The molecular weight excluding hydrogens is 350 g/mol. The number of benzene rings is 3. The lowest BCUT2D eigenvalue weighted by Crippen LogP contribution is -2.18. The van der Waals surface area contributed by atoms with Crippen LogP contribution in [0.2, 0.25) is 0 Å². The van der Waals surface area contributed by atoms with Gasteiger partial charge in [0.15, 0.2) is 0 Å². The molecule has 0 aliphatic carbocycles. The van der Waals surface area contributed by atoms with Gasteiger partial charge in [-0.25, -0.2) is 0 Å². The molecule has 1 aliphatic rings. The molecule has 0 unspecified atom stereocenters. The van der Waals surface area contributed by atoms with Crippen LogP contribution in [0.1, 0.15) is 16.7 Å². The zero-order valence-electron chi connectivity index (χ0n) is 16.2. The second kappa shape index (κ2) is 6.34. The number of hydrogen-bond donors (Lipinski definition) is 0. The molecular formula is C24H21NO3. The third-order valence-corrected chi connectivity index (χ3v) is 5.33. The van der Waals surface area contributed by atoms with Gasteiger partial charge in [-0.2, -0.15) is 0 Å². The molecule has 0 bridgehead atoms. The number of aryl methyl sites for hydroxylation is 1. The molecule has 1 aliphatic heterocycles. The van der Waals surface area contributed by atoms with E-state index in [-0.39, 0.29) is 0 Å². The van der Waals surface area contributed by atoms with Gasteiger partial charge in [0.2, 0.25) is 5.88 Å². The molecule has 4 aromatic rings. The first-order chi connectivity index (χ1) is 13.7. The summed E-state index contributed by atoms with van der Waals surface area (Å²) >= 11 is 0. The summed E-state index contributed by atoms with van der Waals surface area (Å²) in [6.07, 6.45) is 0.829. The number of ether oxygens (including phenoxy) is 2. The molecule has 28 heavy (non-hydrogen) atoms. The van der Waals surface area contributed by atoms with Crippen LogP contribution in [-0.2, 0) is 6.42 Å². The fourth-order valence-corrected chi connectivity index (χ4v) is 4.08. The minimum Gasteiger partial charge on any atom is -0.494 e. The van der Waals surface area contributed by atoms with Crippen molar-refractivity contribution >= 4 is 28.2 Å². The molecule has 0 fully saturated rings. The molecule has 4 nitrogen and oxygen atoms in total. The SMILES string of the molecule is COc1cc(C)cc(OC)c1N1c2ccccc2Cc2c1oc1ccccc21. The van der Waals surface area contributed by atoms with E-state index in [9.17, 15) is 0 Å². The van der Waals surface area contributed by atoms with E-state index in [4.69, 9.17) is 13.9 Å². The van der Waals surface area contributed by atoms with E-state index in [1.165, 1.54) is 11.1 Å². The average Bonchev–Trinajstić information content (AvgIpc) is 3.10. The van der Waals surface area contributed by atoms with Crippen molar-refractivity contribution < 1.29 is 13.9 Å². The summed E-state index contributed by atoms with van der Waals surface area (Å²) in [5, 5.41) is 1.14. The Bertz CT molecular complexity index is 1170. The summed E-state index contributed by atoms with van der Waals surface area (Å²) in [7, 11) is 3.38. The summed E-state index contributed by atoms with van der Waals surface area (Å²) in [5.74, 6) is 2.32. The predicted octanol–water partition coefficient (Wildman–Crippen LogP) is 6.13. The molecule has 0 saturated heterocycles. The van der Waals surface area contributed by atoms with E-state index in [0.29, 0.717) is 0 Å². The molecule has 0 radical (unpaired) electrons.